The Labute approximate surface area is 240 Å². The molecule has 2 fully saturated rings. The summed E-state index contributed by atoms with van der Waals surface area (Å²) in [5.74, 6) is 0.742. The Morgan fingerprint density at radius 2 is 1.77 bits per heavy atom. The zero-order chi connectivity index (χ0) is 27.9. The number of nitrogens with zero attached hydrogens (tertiary/aromatic N) is 4. The second kappa shape index (κ2) is 13.5. The average Bonchev–Trinajstić information content (AvgIpc) is 2.92. The van der Waals surface area contributed by atoms with Gasteiger partial charge in [-0.3, -0.25) is 19.8 Å². The molecule has 2 aliphatic rings. The maximum absolute atomic E-state index is 12.9. The Hall–Kier alpha value is -2.75. The highest BCUT2D eigenvalue weighted by Crippen LogP contribution is 2.32. The van der Waals surface area contributed by atoms with Gasteiger partial charge < -0.3 is 19.9 Å². The van der Waals surface area contributed by atoms with Crippen LogP contribution in [0.5, 0.6) is 5.75 Å². The van der Waals surface area contributed by atoms with Crippen LogP contribution in [0.1, 0.15) is 33.1 Å². The molecule has 11 heteroatoms. The van der Waals surface area contributed by atoms with Crippen LogP contribution < -0.4 is 15.0 Å². The number of amides is 1. The average molecular weight is 579 g/mol. The number of piperazine rings is 1. The maximum Gasteiger partial charge on any atom is 0.311 e. The van der Waals surface area contributed by atoms with Crippen LogP contribution in [-0.2, 0) is 4.79 Å². The lowest BCUT2D eigenvalue weighted by atomic mass is 10.0. The van der Waals surface area contributed by atoms with Crippen molar-refractivity contribution in [3.63, 3.8) is 0 Å². The van der Waals surface area contributed by atoms with E-state index in [9.17, 15) is 14.9 Å². The van der Waals surface area contributed by atoms with Crippen molar-refractivity contribution in [3.8, 4) is 5.75 Å². The third-order valence-corrected chi connectivity index (χ3v) is 7.97. The third-order valence-electron chi connectivity index (χ3n) is 7.23. The molecular formula is C28H37Cl2N5O4. The van der Waals surface area contributed by atoms with E-state index in [0.717, 1.165) is 56.9 Å². The van der Waals surface area contributed by atoms with Gasteiger partial charge in [0.05, 0.1) is 21.6 Å². The lowest BCUT2D eigenvalue weighted by Crippen LogP contribution is -2.48. The van der Waals surface area contributed by atoms with Crippen LogP contribution in [0, 0.1) is 16.0 Å². The molecule has 0 aromatic heterocycles. The highest BCUT2D eigenvalue weighted by Gasteiger charge is 2.25. The van der Waals surface area contributed by atoms with Gasteiger partial charge in [0.15, 0.2) is 5.75 Å². The van der Waals surface area contributed by atoms with Gasteiger partial charge in [0.25, 0.3) is 0 Å². The number of carbonyl (C=O) groups excluding carboxylic acids is 1. The summed E-state index contributed by atoms with van der Waals surface area (Å²) in [7, 11) is 0. The second-order valence-corrected chi connectivity index (χ2v) is 11.4. The number of carbonyl (C=O) groups is 1. The van der Waals surface area contributed by atoms with Gasteiger partial charge in [0.1, 0.15) is 0 Å². The molecule has 0 radical (unpaired) electrons. The number of benzene rings is 2. The van der Waals surface area contributed by atoms with Crippen molar-refractivity contribution in [1.82, 2.24) is 9.80 Å². The normalized spacial score (nSPS) is 16.9. The molecule has 1 amide bonds. The van der Waals surface area contributed by atoms with Crippen molar-refractivity contribution in [2.24, 2.45) is 5.92 Å². The summed E-state index contributed by atoms with van der Waals surface area (Å²) in [6, 6.07) is 10.8. The Kier molecular flexibility index (Phi) is 10.2. The fraction of sp³-hybridized carbons (Fsp3) is 0.536. The van der Waals surface area contributed by atoms with Gasteiger partial charge in [-0.15, -0.1) is 0 Å². The molecule has 2 heterocycles. The van der Waals surface area contributed by atoms with E-state index >= 15 is 0 Å². The van der Waals surface area contributed by atoms with E-state index in [1.807, 2.05) is 36.9 Å². The topological polar surface area (TPSA) is 91.2 Å². The van der Waals surface area contributed by atoms with Crippen molar-refractivity contribution in [1.29, 1.82) is 0 Å². The summed E-state index contributed by atoms with van der Waals surface area (Å²) < 4.78 is 5.70. The van der Waals surface area contributed by atoms with Crippen LogP contribution in [0.3, 0.4) is 0 Å². The fourth-order valence-electron chi connectivity index (χ4n) is 4.96. The summed E-state index contributed by atoms with van der Waals surface area (Å²) in [5.41, 5.74) is 1.84. The number of nitro benzene ring substituents is 1. The van der Waals surface area contributed by atoms with Gasteiger partial charge in [0.2, 0.25) is 5.91 Å². The number of likely N-dealkylation sites (tertiary alicyclic amines) is 1. The minimum atomic E-state index is -0.418. The van der Waals surface area contributed by atoms with Gasteiger partial charge in [-0.1, -0.05) is 37.0 Å². The van der Waals surface area contributed by atoms with E-state index in [1.165, 1.54) is 6.07 Å². The smallest absolute Gasteiger partial charge is 0.311 e. The Balaban J connectivity index is 1.19. The zero-order valence-electron chi connectivity index (χ0n) is 22.6. The number of piperidine rings is 1. The fourth-order valence-corrected chi connectivity index (χ4v) is 5.25. The Morgan fingerprint density at radius 3 is 2.41 bits per heavy atom. The van der Waals surface area contributed by atoms with Crippen molar-refractivity contribution < 1.29 is 14.5 Å². The Morgan fingerprint density at radius 1 is 1.05 bits per heavy atom. The molecule has 2 aromatic carbocycles. The van der Waals surface area contributed by atoms with Gasteiger partial charge in [-0.2, -0.15) is 0 Å². The molecule has 0 unspecified atom stereocenters. The summed E-state index contributed by atoms with van der Waals surface area (Å²) >= 11 is 12.2. The number of halogens is 2. The first-order valence-corrected chi connectivity index (χ1v) is 14.3. The largest absolute Gasteiger partial charge is 0.486 e. The number of ether oxygens (including phenoxy) is 1. The minimum absolute atomic E-state index is 0.0302. The van der Waals surface area contributed by atoms with E-state index in [-0.39, 0.29) is 29.3 Å². The monoisotopic (exact) mass is 577 g/mol. The molecular weight excluding hydrogens is 541 g/mol. The second-order valence-electron chi connectivity index (χ2n) is 10.6. The molecule has 2 aromatic rings. The summed E-state index contributed by atoms with van der Waals surface area (Å²) in [5, 5.41) is 16.0. The molecule has 0 bridgehead atoms. The molecule has 0 spiro atoms. The molecule has 0 aliphatic carbocycles. The predicted octanol–water partition coefficient (Wildman–Crippen LogP) is 5.55. The van der Waals surface area contributed by atoms with Gasteiger partial charge >= 0.3 is 5.69 Å². The molecule has 2 saturated heterocycles. The van der Waals surface area contributed by atoms with Gasteiger partial charge in [0, 0.05) is 81.8 Å². The summed E-state index contributed by atoms with van der Waals surface area (Å²) in [6.45, 7) is 10.1. The van der Waals surface area contributed by atoms with E-state index < -0.39 is 4.92 Å². The number of hydrogen-bond donors (Lipinski definition) is 1. The van der Waals surface area contributed by atoms with E-state index in [2.05, 4.69) is 15.1 Å². The van der Waals surface area contributed by atoms with E-state index in [0.29, 0.717) is 36.2 Å². The standard InChI is InChI=1S/C28H37Cl2N5O4/c1-20(2)19-39-27-17-22(3-6-26(27)35(37)38)31-21-7-11-34(12-8-21)28(36)9-10-32-13-15-33(16-14-32)23-4-5-24(29)25(30)18-23/h3-6,17-18,20-21,31H,7-16,19H2,1-2H3. The SMILES string of the molecule is CC(C)COc1cc(NC2CCN(C(=O)CCN3CCN(c4ccc(Cl)c(Cl)c4)CC3)CC2)ccc1[N+](=O)[O-]. The van der Waals surface area contributed by atoms with Crippen LogP contribution >= 0.6 is 23.2 Å². The highest BCUT2D eigenvalue weighted by atomic mass is 35.5. The van der Waals surface area contributed by atoms with Crippen LogP contribution in [0.25, 0.3) is 0 Å². The molecule has 39 heavy (non-hydrogen) atoms. The molecule has 0 atom stereocenters. The highest BCUT2D eigenvalue weighted by molar-refractivity contribution is 6.42. The lowest BCUT2D eigenvalue weighted by molar-refractivity contribution is -0.385. The number of hydrogen-bond acceptors (Lipinski definition) is 7. The van der Waals surface area contributed by atoms with Crippen LogP contribution in [0.2, 0.25) is 10.0 Å². The van der Waals surface area contributed by atoms with Crippen LogP contribution in [-0.4, -0.2) is 79.1 Å². The van der Waals surface area contributed by atoms with Crippen molar-refractivity contribution in [2.75, 3.05) is 62.6 Å². The summed E-state index contributed by atoms with van der Waals surface area (Å²) in [4.78, 5) is 30.4. The predicted molar refractivity (Wildman–Crippen MR) is 156 cm³/mol. The minimum Gasteiger partial charge on any atom is -0.486 e. The van der Waals surface area contributed by atoms with E-state index in [4.69, 9.17) is 27.9 Å². The molecule has 9 nitrogen and oxygen atoms in total. The molecule has 212 valence electrons. The van der Waals surface area contributed by atoms with Crippen LogP contribution in [0.4, 0.5) is 17.1 Å². The third kappa shape index (κ3) is 8.13. The molecule has 0 saturated carbocycles. The first-order valence-electron chi connectivity index (χ1n) is 13.6. The summed E-state index contributed by atoms with van der Waals surface area (Å²) in [6.07, 6.45) is 2.17. The molecule has 1 N–H and O–H groups in total. The maximum atomic E-state index is 12.9. The van der Waals surface area contributed by atoms with Crippen molar-refractivity contribution >= 4 is 46.2 Å². The van der Waals surface area contributed by atoms with Crippen molar-refractivity contribution in [2.45, 2.75) is 39.2 Å². The number of nitrogens with one attached hydrogen (secondary N) is 1. The zero-order valence-corrected chi connectivity index (χ0v) is 24.1. The number of nitro groups is 1. The quantitative estimate of drug-likeness (QED) is 0.292. The van der Waals surface area contributed by atoms with Gasteiger partial charge in [-0.05, 0) is 43.0 Å². The number of rotatable bonds is 10. The molecule has 2 aliphatic heterocycles. The Bertz CT molecular complexity index is 1150. The number of anilines is 2. The van der Waals surface area contributed by atoms with E-state index in [1.54, 1.807) is 12.1 Å². The van der Waals surface area contributed by atoms with Gasteiger partial charge in [-0.25, -0.2) is 0 Å². The lowest BCUT2D eigenvalue weighted by Gasteiger charge is -2.37. The first kappa shape index (κ1) is 29.2. The molecule has 4 rings (SSSR count). The van der Waals surface area contributed by atoms with Crippen molar-refractivity contribution in [3.05, 3.63) is 56.6 Å². The van der Waals surface area contributed by atoms with Crippen LogP contribution in [0.15, 0.2) is 36.4 Å². The first-order chi connectivity index (χ1) is 18.7.